The summed E-state index contributed by atoms with van der Waals surface area (Å²) in [6, 6.07) is 0. The summed E-state index contributed by atoms with van der Waals surface area (Å²) in [5, 5.41) is 8.63. The smallest absolute Gasteiger partial charge is 0.301 e. The predicted octanol–water partition coefficient (Wildman–Crippen LogP) is 7.31. The minimum Gasteiger partial charge on any atom is -0.301 e. The Bertz CT molecular complexity index is 342. The maximum absolute atomic E-state index is 11.6. The van der Waals surface area contributed by atoms with Crippen LogP contribution >= 0.6 is 0 Å². The van der Waals surface area contributed by atoms with E-state index >= 15 is 0 Å². The molecule has 0 spiro atoms. The van der Waals surface area contributed by atoms with Crippen molar-refractivity contribution >= 4 is 5.97 Å². The van der Waals surface area contributed by atoms with E-state index in [4.69, 9.17) is 5.26 Å². The van der Waals surface area contributed by atoms with E-state index in [1.54, 1.807) is 0 Å². The molecule has 1 N–H and O–H groups in total. The summed E-state index contributed by atoms with van der Waals surface area (Å²) >= 11 is 0. The Morgan fingerprint density at radius 2 is 1.36 bits per heavy atom. The monoisotopic (exact) mass is 354 g/mol. The van der Waals surface area contributed by atoms with Gasteiger partial charge in [-0.05, 0) is 37.5 Å². The zero-order chi connectivity index (χ0) is 19.0. The normalized spacial score (nSPS) is 13.3. The lowest BCUT2D eigenvalue weighted by molar-refractivity contribution is -0.242. The molecule has 1 atom stereocenters. The Balaban J connectivity index is 3.56. The van der Waals surface area contributed by atoms with Crippen LogP contribution in [-0.2, 0) is 9.68 Å². The standard InChI is InChI=1S/C22H42O3/c1-5-6-7-8-9-10-11-12-13-14-15-16-17-18-19-20(21(23)25-24)22(2,3)4/h12-13,20,24H,5-11,14-19H2,1-4H3/b13-12-. The first-order valence-corrected chi connectivity index (χ1v) is 10.4. The van der Waals surface area contributed by atoms with Crippen molar-refractivity contribution in [1.82, 2.24) is 0 Å². The Hall–Kier alpha value is -0.830. The summed E-state index contributed by atoms with van der Waals surface area (Å²) in [6.07, 6.45) is 20.6. The van der Waals surface area contributed by atoms with E-state index in [-0.39, 0.29) is 11.3 Å². The highest BCUT2D eigenvalue weighted by molar-refractivity contribution is 5.72. The zero-order valence-corrected chi connectivity index (χ0v) is 17.2. The van der Waals surface area contributed by atoms with E-state index in [2.05, 4.69) is 24.0 Å². The van der Waals surface area contributed by atoms with Crippen LogP contribution in [0.15, 0.2) is 12.2 Å². The fraction of sp³-hybridized carbons (Fsp3) is 0.864. The molecule has 0 aliphatic rings. The predicted molar refractivity (Wildman–Crippen MR) is 107 cm³/mol. The summed E-state index contributed by atoms with van der Waals surface area (Å²) in [7, 11) is 0. The number of rotatable bonds is 15. The highest BCUT2D eigenvalue weighted by Gasteiger charge is 2.32. The van der Waals surface area contributed by atoms with Crippen LogP contribution in [-0.4, -0.2) is 11.2 Å². The van der Waals surface area contributed by atoms with Gasteiger partial charge in [-0.15, -0.1) is 0 Å². The lowest BCUT2D eigenvalue weighted by Gasteiger charge is -2.27. The number of unbranched alkanes of at least 4 members (excludes halogenated alkanes) is 10. The van der Waals surface area contributed by atoms with E-state index in [1.807, 2.05) is 20.8 Å². The number of carbonyl (C=O) groups excluding carboxylic acids is 1. The summed E-state index contributed by atoms with van der Waals surface area (Å²) in [6.45, 7) is 8.31. The fourth-order valence-corrected chi connectivity index (χ4v) is 3.21. The summed E-state index contributed by atoms with van der Waals surface area (Å²) in [5.41, 5.74) is -0.168. The topological polar surface area (TPSA) is 46.5 Å². The number of hydrogen-bond acceptors (Lipinski definition) is 3. The van der Waals surface area contributed by atoms with E-state index in [9.17, 15) is 4.79 Å². The molecule has 0 rings (SSSR count). The van der Waals surface area contributed by atoms with E-state index in [1.165, 1.54) is 57.8 Å². The number of allylic oxidation sites excluding steroid dienone is 2. The lowest BCUT2D eigenvalue weighted by atomic mass is 9.78. The molecule has 3 nitrogen and oxygen atoms in total. The van der Waals surface area contributed by atoms with Crippen LogP contribution in [0.4, 0.5) is 0 Å². The van der Waals surface area contributed by atoms with E-state index in [0.29, 0.717) is 0 Å². The molecule has 0 aliphatic heterocycles. The van der Waals surface area contributed by atoms with Gasteiger partial charge in [0.15, 0.2) is 0 Å². The van der Waals surface area contributed by atoms with Gasteiger partial charge in [-0.1, -0.05) is 91.2 Å². The second kappa shape index (κ2) is 15.4. The fourth-order valence-electron chi connectivity index (χ4n) is 3.21. The maximum Gasteiger partial charge on any atom is 0.345 e. The van der Waals surface area contributed by atoms with Crippen LogP contribution in [0.5, 0.6) is 0 Å². The molecule has 0 aromatic heterocycles. The van der Waals surface area contributed by atoms with Crippen molar-refractivity contribution in [3.8, 4) is 0 Å². The van der Waals surface area contributed by atoms with Crippen molar-refractivity contribution in [2.75, 3.05) is 0 Å². The molecule has 0 saturated carbocycles. The molecule has 0 aromatic rings. The number of carbonyl (C=O) groups is 1. The zero-order valence-electron chi connectivity index (χ0n) is 17.2. The minimum absolute atomic E-state index is 0.168. The largest absolute Gasteiger partial charge is 0.345 e. The van der Waals surface area contributed by atoms with Crippen molar-refractivity contribution in [2.24, 2.45) is 11.3 Å². The maximum atomic E-state index is 11.6. The molecule has 0 amide bonds. The van der Waals surface area contributed by atoms with Crippen LogP contribution in [0.3, 0.4) is 0 Å². The van der Waals surface area contributed by atoms with Gasteiger partial charge in [-0.2, -0.15) is 5.26 Å². The van der Waals surface area contributed by atoms with Crippen LogP contribution in [0.25, 0.3) is 0 Å². The van der Waals surface area contributed by atoms with Crippen molar-refractivity contribution in [2.45, 2.75) is 111 Å². The van der Waals surface area contributed by atoms with Crippen molar-refractivity contribution in [3.63, 3.8) is 0 Å². The molecule has 0 radical (unpaired) electrons. The molecule has 0 saturated heterocycles. The van der Waals surface area contributed by atoms with Gasteiger partial charge >= 0.3 is 5.97 Å². The third-order valence-electron chi connectivity index (χ3n) is 4.92. The Morgan fingerprint density at radius 1 is 0.880 bits per heavy atom. The second-order valence-corrected chi connectivity index (χ2v) is 8.35. The Morgan fingerprint density at radius 3 is 1.84 bits per heavy atom. The van der Waals surface area contributed by atoms with Gasteiger partial charge in [0.1, 0.15) is 0 Å². The molecule has 0 bridgehead atoms. The summed E-state index contributed by atoms with van der Waals surface area (Å²) in [4.78, 5) is 15.6. The van der Waals surface area contributed by atoms with E-state index in [0.717, 1.165) is 25.7 Å². The van der Waals surface area contributed by atoms with E-state index < -0.39 is 5.97 Å². The highest BCUT2D eigenvalue weighted by atomic mass is 17.1. The molecule has 0 aromatic carbocycles. The first-order chi connectivity index (χ1) is 11.9. The summed E-state index contributed by atoms with van der Waals surface area (Å²) < 4.78 is 0. The molecule has 1 unspecified atom stereocenters. The summed E-state index contributed by atoms with van der Waals surface area (Å²) in [5.74, 6) is -0.722. The molecule has 25 heavy (non-hydrogen) atoms. The highest BCUT2D eigenvalue weighted by Crippen LogP contribution is 2.31. The van der Waals surface area contributed by atoms with Crippen LogP contribution in [0.2, 0.25) is 0 Å². The molecule has 0 fully saturated rings. The lowest BCUT2D eigenvalue weighted by Crippen LogP contribution is -2.29. The molecular weight excluding hydrogens is 312 g/mol. The Kier molecular flexibility index (Phi) is 14.9. The SMILES string of the molecule is CCCCCCCC/C=C\CCCCCCC(C(=O)OO)C(C)(C)C. The van der Waals surface area contributed by atoms with Crippen molar-refractivity contribution in [1.29, 1.82) is 0 Å². The first kappa shape index (κ1) is 24.2. The average Bonchev–Trinajstić information content (AvgIpc) is 2.56. The quantitative estimate of drug-likeness (QED) is 0.145. The third-order valence-corrected chi connectivity index (χ3v) is 4.92. The second-order valence-electron chi connectivity index (χ2n) is 8.35. The van der Waals surface area contributed by atoms with Gasteiger partial charge in [0.2, 0.25) is 0 Å². The van der Waals surface area contributed by atoms with Gasteiger partial charge in [0.25, 0.3) is 0 Å². The molecule has 0 heterocycles. The Labute approximate surface area is 156 Å². The van der Waals surface area contributed by atoms with Gasteiger partial charge in [0.05, 0.1) is 5.92 Å². The average molecular weight is 355 g/mol. The van der Waals surface area contributed by atoms with Crippen LogP contribution in [0.1, 0.15) is 111 Å². The number of hydrogen-bond donors (Lipinski definition) is 1. The minimum atomic E-state index is -0.495. The van der Waals surface area contributed by atoms with Crippen molar-refractivity contribution in [3.05, 3.63) is 12.2 Å². The van der Waals surface area contributed by atoms with Crippen LogP contribution in [0, 0.1) is 11.3 Å². The first-order valence-electron chi connectivity index (χ1n) is 10.4. The molecule has 3 heteroatoms. The molecular formula is C22H42O3. The molecule has 0 aliphatic carbocycles. The van der Waals surface area contributed by atoms with Gasteiger partial charge in [0, 0.05) is 0 Å². The van der Waals surface area contributed by atoms with Gasteiger partial charge < -0.3 is 4.89 Å². The third kappa shape index (κ3) is 14.1. The van der Waals surface area contributed by atoms with Crippen LogP contribution < -0.4 is 0 Å². The molecule has 148 valence electrons. The van der Waals surface area contributed by atoms with Crippen molar-refractivity contribution < 1.29 is 14.9 Å². The van der Waals surface area contributed by atoms with Gasteiger partial charge in [-0.3, -0.25) is 0 Å². The van der Waals surface area contributed by atoms with Gasteiger partial charge in [-0.25, -0.2) is 4.79 Å².